The van der Waals surface area contributed by atoms with Gasteiger partial charge in [-0.15, -0.1) is 0 Å². The van der Waals surface area contributed by atoms with Crippen molar-refractivity contribution in [3.05, 3.63) is 60.7 Å². The molecule has 0 radical (unpaired) electrons. The van der Waals surface area contributed by atoms with Crippen LogP contribution in [0.3, 0.4) is 0 Å². The number of amides is 2. The summed E-state index contributed by atoms with van der Waals surface area (Å²) in [6.45, 7) is 1.36. The smallest absolute Gasteiger partial charge is 0.253 e. The fourth-order valence-electron chi connectivity index (χ4n) is 3.44. The maximum atomic E-state index is 11.6. The molecule has 1 aromatic heterocycles. The molecule has 0 saturated carbocycles. The van der Waals surface area contributed by atoms with Crippen LogP contribution in [-0.2, 0) is 16.1 Å². The van der Waals surface area contributed by atoms with Crippen molar-refractivity contribution >= 4 is 33.6 Å². The molecule has 2 aromatic carbocycles. The lowest BCUT2D eigenvalue weighted by Crippen LogP contribution is -2.30. The van der Waals surface area contributed by atoms with Gasteiger partial charge in [-0.25, -0.2) is 0 Å². The number of carbonyl (C=O) groups is 2. The van der Waals surface area contributed by atoms with Gasteiger partial charge >= 0.3 is 0 Å². The third-order valence-corrected chi connectivity index (χ3v) is 4.59. The number of hydrogen-bond donors (Lipinski definition) is 0. The first-order valence-electron chi connectivity index (χ1n) is 8.25. The Labute approximate surface area is 140 Å². The van der Waals surface area contributed by atoms with Gasteiger partial charge in [-0.2, -0.15) is 0 Å². The third kappa shape index (κ3) is 2.40. The Morgan fingerprint density at radius 3 is 1.75 bits per heavy atom. The fraction of sp³-hybridized carbons (Fsp3) is 0.200. The first kappa shape index (κ1) is 14.7. The second-order valence-electron chi connectivity index (χ2n) is 6.05. The maximum absolute atomic E-state index is 11.6. The first-order valence-corrected chi connectivity index (χ1v) is 8.25. The number of imide groups is 1. The molecule has 0 aliphatic carbocycles. The van der Waals surface area contributed by atoms with E-state index >= 15 is 0 Å². The van der Waals surface area contributed by atoms with Crippen molar-refractivity contribution in [3.8, 4) is 0 Å². The molecule has 4 heteroatoms. The van der Waals surface area contributed by atoms with Gasteiger partial charge in [0, 0.05) is 47.0 Å². The molecule has 0 saturated heterocycles. The monoisotopic (exact) mass is 318 g/mol. The molecule has 0 atom stereocenters. The van der Waals surface area contributed by atoms with Crippen LogP contribution in [0, 0.1) is 0 Å². The highest BCUT2D eigenvalue weighted by atomic mass is 16.2. The number of aryl methyl sites for hydroxylation is 1. The Hall–Kier alpha value is -2.88. The van der Waals surface area contributed by atoms with Crippen molar-refractivity contribution in [2.75, 3.05) is 6.54 Å². The van der Waals surface area contributed by atoms with Gasteiger partial charge in [-0.3, -0.25) is 14.5 Å². The molecular formula is C20H18N2O2. The molecule has 0 fully saturated rings. The molecule has 1 aliphatic rings. The predicted octanol–water partition coefficient (Wildman–Crippen LogP) is 3.50. The summed E-state index contributed by atoms with van der Waals surface area (Å²) in [5.41, 5.74) is 2.46. The maximum Gasteiger partial charge on any atom is 0.253 e. The molecule has 0 N–H and O–H groups in total. The van der Waals surface area contributed by atoms with Crippen LogP contribution in [0.15, 0.2) is 60.7 Å². The van der Waals surface area contributed by atoms with Crippen molar-refractivity contribution in [3.63, 3.8) is 0 Å². The summed E-state index contributed by atoms with van der Waals surface area (Å²) in [4.78, 5) is 24.5. The number of nitrogens with zero attached hydrogens (tertiary/aromatic N) is 2. The fourth-order valence-corrected chi connectivity index (χ4v) is 3.44. The second kappa shape index (κ2) is 5.96. The Kier molecular flexibility index (Phi) is 3.65. The largest absolute Gasteiger partial charge is 0.340 e. The van der Waals surface area contributed by atoms with Gasteiger partial charge in [0.1, 0.15) is 0 Å². The van der Waals surface area contributed by atoms with Crippen molar-refractivity contribution in [1.82, 2.24) is 9.47 Å². The average Bonchev–Trinajstić information content (AvgIpc) is 3.10. The third-order valence-electron chi connectivity index (χ3n) is 4.59. The van der Waals surface area contributed by atoms with Gasteiger partial charge in [0.05, 0.1) is 0 Å². The number of carbonyl (C=O) groups excluding carboxylic acids is 2. The van der Waals surface area contributed by atoms with Crippen LogP contribution in [0.1, 0.15) is 12.8 Å². The van der Waals surface area contributed by atoms with E-state index in [9.17, 15) is 9.59 Å². The highest BCUT2D eigenvalue weighted by Crippen LogP contribution is 2.28. The Balaban J connectivity index is 1.52. The van der Waals surface area contributed by atoms with E-state index in [1.807, 2.05) is 0 Å². The molecule has 4 nitrogen and oxygen atoms in total. The number of benzene rings is 2. The molecule has 120 valence electrons. The molecule has 2 heterocycles. The molecule has 2 amide bonds. The van der Waals surface area contributed by atoms with Crippen molar-refractivity contribution in [2.45, 2.75) is 19.4 Å². The van der Waals surface area contributed by atoms with Crippen molar-refractivity contribution < 1.29 is 9.59 Å². The van der Waals surface area contributed by atoms with E-state index < -0.39 is 0 Å². The molecule has 1 aliphatic heterocycles. The van der Waals surface area contributed by atoms with Crippen LogP contribution < -0.4 is 0 Å². The molecule has 3 aromatic rings. The quantitative estimate of drug-likeness (QED) is 0.534. The van der Waals surface area contributed by atoms with E-state index in [0.29, 0.717) is 6.54 Å². The van der Waals surface area contributed by atoms with E-state index in [-0.39, 0.29) is 11.8 Å². The van der Waals surface area contributed by atoms with Gasteiger partial charge < -0.3 is 4.57 Å². The predicted molar refractivity (Wildman–Crippen MR) is 94.5 cm³/mol. The molecule has 0 spiro atoms. The zero-order valence-electron chi connectivity index (χ0n) is 13.3. The van der Waals surface area contributed by atoms with E-state index in [0.717, 1.165) is 19.4 Å². The van der Waals surface area contributed by atoms with Crippen LogP contribution in [0.2, 0.25) is 0 Å². The number of rotatable bonds is 5. The zero-order chi connectivity index (χ0) is 16.5. The summed E-state index contributed by atoms with van der Waals surface area (Å²) < 4.78 is 2.33. The molecular weight excluding hydrogens is 300 g/mol. The highest BCUT2D eigenvalue weighted by Gasteiger charge is 2.22. The SMILES string of the molecule is O=C1C=CC(=O)N1CCCCn1c2ccccc2c2ccccc21. The lowest BCUT2D eigenvalue weighted by Gasteiger charge is -2.14. The van der Waals surface area contributed by atoms with Gasteiger partial charge in [-0.05, 0) is 25.0 Å². The molecule has 4 rings (SSSR count). The average molecular weight is 318 g/mol. The zero-order valence-corrected chi connectivity index (χ0v) is 13.3. The van der Waals surface area contributed by atoms with Crippen molar-refractivity contribution in [2.24, 2.45) is 0 Å². The van der Waals surface area contributed by atoms with E-state index in [4.69, 9.17) is 0 Å². The summed E-state index contributed by atoms with van der Waals surface area (Å²) >= 11 is 0. The summed E-state index contributed by atoms with van der Waals surface area (Å²) in [6.07, 6.45) is 4.41. The first-order chi connectivity index (χ1) is 11.8. The standard InChI is InChI=1S/C20H18N2O2/c23-19-11-12-20(24)22(19)14-6-5-13-21-17-9-3-1-7-15(17)16-8-2-4-10-18(16)21/h1-4,7-12H,5-6,13-14H2. The lowest BCUT2D eigenvalue weighted by atomic mass is 10.2. The van der Waals surface area contributed by atoms with Gasteiger partial charge in [0.15, 0.2) is 0 Å². The number of hydrogen-bond acceptors (Lipinski definition) is 2. The van der Waals surface area contributed by atoms with E-state index in [1.165, 1.54) is 38.9 Å². The molecule has 0 unspecified atom stereocenters. The summed E-state index contributed by atoms with van der Waals surface area (Å²) in [7, 11) is 0. The van der Waals surface area contributed by atoms with Gasteiger partial charge in [-0.1, -0.05) is 36.4 Å². The minimum Gasteiger partial charge on any atom is -0.340 e. The van der Waals surface area contributed by atoms with Crippen LogP contribution in [0.5, 0.6) is 0 Å². The summed E-state index contributed by atoms with van der Waals surface area (Å²) in [6, 6.07) is 16.9. The highest BCUT2D eigenvalue weighted by molar-refractivity contribution is 6.12. The second-order valence-corrected chi connectivity index (χ2v) is 6.05. The minimum atomic E-state index is -0.197. The number of para-hydroxylation sites is 2. The number of aromatic nitrogens is 1. The topological polar surface area (TPSA) is 42.3 Å². The van der Waals surface area contributed by atoms with Crippen LogP contribution in [-0.4, -0.2) is 27.8 Å². The minimum absolute atomic E-state index is 0.197. The summed E-state index contributed by atoms with van der Waals surface area (Å²) in [5, 5.41) is 2.53. The Bertz CT molecular complexity index is 897. The Morgan fingerprint density at radius 2 is 1.17 bits per heavy atom. The van der Waals surface area contributed by atoms with Crippen LogP contribution in [0.25, 0.3) is 21.8 Å². The summed E-state index contributed by atoms with van der Waals surface area (Å²) in [5.74, 6) is -0.395. The number of unbranched alkanes of at least 4 members (excludes halogenated alkanes) is 1. The van der Waals surface area contributed by atoms with Crippen molar-refractivity contribution in [1.29, 1.82) is 0 Å². The molecule has 0 bridgehead atoms. The van der Waals surface area contributed by atoms with E-state index in [2.05, 4.69) is 53.1 Å². The molecule has 24 heavy (non-hydrogen) atoms. The lowest BCUT2D eigenvalue weighted by molar-refractivity contribution is -0.136. The van der Waals surface area contributed by atoms with Gasteiger partial charge in [0.2, 0.25) is 0 Å². The van der Waals surface area contributed by atoms with E-state index in [1.54, 1.807) is 0 Å². The Morgan fingerprint density at radius 1 is 0.667 bits per heavy atom. The normalized spacial score (nSPS) is 14.4. The van der Waals surface area contributed by atoms with Crippen LogP contribution in [0.4, 0.5) is 0 Å². The number of fused-ring (bicyclic) bond motifs is 3. The van der Waals surface area contributed by atoms with Crippen LogP contribution >= 0.6 is 0 Å². The van der Waals surface area contributed by atoms with Gasteiger partial charge in [0.25, 0.3) is 11.8 Å².